The SMILES string of the molecule is CCCCCCCN1C(=CC=C(C=CC2N(CCCCCCC)c3ccccc3C2(C)C)CCC)C(C)(C)c2ccccc21. The van der Waals surface area contributed by atoms with E-state index in [-0.39, 0.29) is 10.8 Å². The fourth-order valence-corrected chi connectivity index (χ4v) is 7.62. The lowest BCUT2D eigenvalue weighted by Gasteiger charge is -2.32. The first-order chi connectivity index (χ1) is 21.3. The van der Waals surface area contributed by atoms with Crippen LogP contribution in [0.15, 0.2) is 84.1 Å². The van der Waals surface area contributed by atoms with E-state index in [4.69, 9.17) is 0 Å². The molecule has 2 aliphatic heterocycles. The van der Waals surface area contributed by atoms with E-state index in [1.165, 1.54) is 98.0 Å². The number of anilines is 2. The molecule has 0 spiro atoms. The van der Waals surface area contributed by atoms with E-state index in [0.717, 1.165) is 25.9 Å². The molecule has 0 radical (unpaired) electrons. The molecule has 2 aromatic carbocycles. The number of unbranched alkanes of at least 4 members (excludes halogenated alkanes) is 8. The topological polar surface area (TPSA) is 6.48 Å². The van der Waals surface area contributed by atoms with Crippen molar-refractivity contribution in [3.05, 3.63) is 95.2 Å². The molecule has 0 bridgehead atoms. The van der Waals surface area contributed by atoms with Gasteiger partial charge in [0.05, 0.1) is 6.04 Å². The molecule has 2 aromatic rings. The van der Waals surface area contributed by atoms with Crippen LogP contribution in [-0.4, -0.2) is 19.1 Å². The van der Waals surface area contributed by atoms with E-state index in [2.05, 4.69) is 131 Å². The van der Waals surface area contributed by atoms with Gasteiger partial charge < -0.3 is 9.80 Å². The molecule has 0 fully saturated rings. The Hall–Kier alpha value is -2.74. The molecular weight excluding hydrogens is 532 g/mol. The van der Waals surface area contributed by atoms with Gasteiger partial charge in [0.25, 0.3) is 0 Å². The molecule has 0 saturated carbocycles. The molecule has 1 atom stereocenters. The second-order valence-corrected chi connectivity index (χ2v) is 14.4. The summed E-state index contributed by atoms with van der Waals surface area (Å²) in [5.74, 6) is 0. The first-order valence-electron chi connectivity index (χ1n) is 18.1. The molecule has 2 heterocycles. The van der Waals surface area contributed by atoms with Crippen LogP contribution in [0.4, 0.5) is 11.4 Å². The van der Waals surface area contributed by atoms with Gasteiger partial charge in [-0.15, -0.1) is 0 Å². The number of hydrogen-bond acceptors (Lipinski definition) is 2. The van der Waals surface area contributed by atoms with Crippen molar-refractivity contribution in [2.75, 3.05) is 22.9 Å². The zero-order valence-electron chi connectivity index (χ0n) is 29.3. The summed E-state index contributed by atoms with van der Waals surface area (Å²) in [6.45, 7) is 18.9. The van der Waals surface area contributed by atoms with E-state index >= 15 is 0 Å². The van der Waals surface area contributed by atoms with Crippen molar-refractivity contribution in [3.63, 3.8) is 0 Å². The number of allylic oxidation sites excluding steroid dienone is 5. The maximum atomic E-state index is 2.71. The highest BCUT2D eigenvalue weighted by Crippen LogP contribution is 2.48. The van der Waals surface area contributed by atoms with Crippen molar-refractivity contribution in [3.8, 4) is 0 Å². The maximum Gasteiger partial charge on any atom is 0.0568 e. The van der Waals surface area contributed by atoms with Crippen LogP contribution in [0.5, 0.6) is 0 Å². The predicted molar refractivity (Wildman–Crippen MR) is 195 cm³/mol. The molecule has 44 heavy (non-hydrogen) atoms. The predicted octanol–water partition coefficient (Wildman–Crippen LogP) is 12.1. The van der Waals surface area contributed by atoms with E-state index in [1.54, 1.807) is 0 Å². The van der Waals surface area contributed by atoms with Crippen LogP contribution in [0.2, 0.25) is 0 Å². The summed E-state index contributed by atoms with van der Waals surface area (Å²) in [5.41, 5.74) is 8.75. The van der Waals surface area contributed by atoms with Crippen molar-refractivity contribution >= 4 is 11.4 Å². The van der Waals surface area contributed by atoms with Crippen LogP contribution in [0, 0.1) is 0 Å². The number of nitrogens with zero attached hydrogens (tertiary/aromatic N) is 2. The van der Waals surface area contributed by atoms with E-state index in [9.17, 15) is 0 Å². The second kappa shape index (κ2) is 16.0. The summed E-state index contributed by atoms with van der Waals surface area (Å²) in [6.07, 6.45) is 25.3. The second-order valence-electron chi connectivity index (χ2n) is 14.4. The lowest BCUT2D eigenvalue weighted by molar-refractivity contribution is 0.468. The molecule has 240 valence electrons. The first-order valence-corrected chi connectivity index (χ1v) is 18.1. The zero-order chi connectivity index (χ0) is 31.6. The van der Waals surface area contributed by atoms with Gasteiger partial charge in [-0.05, 0) is 54.2 Å². The Bertz CT molecular complexity index is 1280. The third-order valence-corrected chi connectivity index (χ3v) is 10.3. The van der Waals surface area contributed by atoms with Crippen molar-refractivity contribution in [2.45, 2.75) is 142 Å². The van der Waals surface area contributed by atoms with Crippen LogP contribution < -0.4 is 9.80 Å². The van der Waals surface area contributed by atoms with Gasteiger partial charge in [0, 0.05) is 41.0 Å². The minimum Gasteiger partial charge on any atom is -0.364 e. The van der Waals surface area contributed by atoms with Crippen LogP contribution in [0.1, 0.15) is 137 Å². The number of fused-ring (bicyclic) bond motifs is 2. The Morgan fingerprint density at radius 1 is 0.682 bits per heavy atom. The molecule has 0 aliphatic carbocycles. The lowest BCUT2D eigenvalue weighted by Crippen LogP contribution is -2.40. The number of rotatable bonds is 17. The van der Waals surface area contributed by atoms with Gasteiger partial charge in [-0.3, -0.25) is 0 Å². The number of benzene rings is 2. The monoisotopic (exact) mass is 594 g/mol. The summed E-state index contributed by atoms with van der Waals surface area (Å²) >= 11 is 0. The molecule has 4 rings (SSSR count). The summed E-state index contributed by atoms with van der Waals surface area (Å²) < 4.78 is 0. The average Bonchev–Trinajstić information content (AvgIpc) is 3.37. The highest BCUT2D eigenvalue weighted by molar-refractivity contribution is 5.71. The Balaban J connectivity index is 1.60. The van der Waals surface area contributed by atoms with E-state index in [0.29, 0.717) is 6.04 Å². The van der Waals surface area contributed by atoms with Crippen molar-refractivity contribution in [2.24, 2.45) is 0 Å². The quantitative estimate of drug-likeness (QED) is 0.133. The van der Waals surface area contributed by atoms with Gasteiger partial charge in [-0.2, -0.15) is 0 Å². The lowest BCUT2D eigenvalue weighted by atomic mass is 9.80. The van der Waals surface area contributed by atoms with Gasteiger partial charge in [0.2, 0.25) is 0 Å². The Labute approximate surface area is 271 Å². The molecule has 0 saturated heterocycles. The highest BCUT2D eigenvalue weighted by atomic mass is 15.2. The van der Waals surface area contributed by atoms with Crippen LogP contribution in [-0.2, 0) is 10.8 Å². The first kappa shape index (κ1) is 34.1. The fourth-order valence-electron chi connectivity index (χ4n) is 7.62. The molecular formula is C42H62N2. The van der Waals surface area contributed by atoms with Crippen molar-refractivity contribution in [1.29, 1.82) is 0 Å². The fraction of sp³-hybridized carbons (Fsp3) is 0.571. The third kappa shape index (κ3) is 7.72. The molecule has 2 nitrogen and oxygen atoms in total. The third-order valence-electron chi connectivity index (χ3n) is 10.3. The molecule has 0 amide bonds. The Morgan fingerprint density at radius 2 is 1.27 bits per heavy atom. The van der Waals surface area contributed by atoms with Gasteiger partial charge in [-0.25, -0.2) is 0 Å². The zero-order valence-corrected chi connectivity index (χ0v) is 29.3. The van der Waals surface area contributed by atoms with E-state index in [1.807, 2.05) is 0 Å². The normalized spacial score (nSPS) is 19.8. The number of hydrogen-bond donors (Lipinski definition) is 0. The largest absolute Gasteiger partial charge is 0.364 e. The van der Waals surface area contributed by atoms with Crippen LogP contribution >= 0.6 is 0 Å². The van der Waals surface area contributed by atoms with Crippen LogP contribution in [0.25, 0.3) is 0 Å². The Kier molecular flexibility index (Phi) is 12.4. The number of para-hydroxylation sites is 2. The van der Waals surface area contributed by atoms with E-state index < -0.39 is 0 Å². The van der Waals surface area contributed by atoms with Crippen molar-refractivity contribution in [1.82, 2.24) is 0 Å². The molecule has 0 aromatic heterocycles. The molecule has 2 aliphatic rings. The molecule has 2 heteroatoms. The summed E-state index contributed by atoms with van der Waals surface area (Å²) in [4.78, 5) is 5.33. The summed E-state index contributed by atoms with van der Waals surface area (Å²) in [5, 5.41) is 0. The Morgan fingerprint density at radius 3 is 1.93 bits per heavy atom. The van der Waals surface area contributed by atoms with Crippen molar-refractivity contribution < 1.29 is 0 Å². The van der Waals surface area contributed by atoms with Gasteiger partial charge in [-0.1, -0.05) is 161 Å². The minimum atomic E-state index is 0.00120. The van der Waals surface area contributed by atoms with Gasteiger partial charge in [0.15, 0.2) is 0 Å². The van der Waals surface area contributed by atoms with Gasteiger partial charge in [0.1, 0.15) is 0 Å². The average molecular weight is 595 g/mol. The minimum absolute atomic E-state index is 0.00120. The molecule has 0 N–H and O–H groups in total. The smallest absolute Gasteiger partial charge is 0.0568 e. The standard InChI is InChI=1S/C42H62N2/c1-8-11-13-15-21-32-43-37-26-19-17-24-35(37)41(4,5)39(43)30-28-34(23-10-3)29-31-40-42(6,7)36-25-18-20-27-38(36)44(40)33-22-16-14-12-9-2/h17-20,24-31,39H,8-16,21-23,32-33H2,1-7H3. The van der Waals surface area contributed by atoms with Gasteiger partial charge >= 0.3 is 0 Å². The summed E-state index contributed by atoms with van der Waals surface area (Å²) in [6, 6.07) is 18.6. The summed E-state index contributed by atoms with van der Waals surface area (Å²) in [7, 11) is 0. The van der Waals surface area contributed by atoms with Crippen LogP contribution in [0.3, 0.4) is 0 Å². The highest BCUT2D eigenvalue weighted by Gasteiger charge is 2.43. The molecule has 1 unspecified atom stereocenters. The maximum absolute atomic E-state index is 2.71.